The SMILES string of the molecule is Cc1cccc(Nc2nc(CC(=O)N3CCN(Cc4ccccc4)CC3)cs2)n1. The summed E-state index contributed by atoms with van der Waals surface area (Å²) in [5.74, 6) is 0.918. The molecule has 0 atom stereocenters. The van der Waals surface area contributed by atoms with Crippen LogP contribution in [0.25, 0.3) is 0 Å². The number of nitrogens with zero attached hydrogens (tertiary/aromatic N) is 4. The molecule has 3 heterocycles. The van der Waals surface area contributed by atoms with Gasteiger partial charge in [0.05, 0.1) is 12.1 Å². The van der Waals surface area contributed by atoms with Crippen LogP contribution in [0.3, 0.4) is 0 Å². The van der Waals surface area contributed by atoms with E-state index in [1.54, 1.807) is 0 Å². The number of rotatable bonds is 6. The van der Waals surface area contributed by atoms with Gasteiger partial charge in [-0.15, -0.1) is 11.3 Å². The first kappa shape index (κ1) is 19.5. The first-order chi connectivity index (χ1) is 14.2. The smallest absolute Gasteiger partial charge is 0.228 e. The van der Waals surface area contributed by atoms with Gasteiger partial charge >= 0.3 is 0 Å². The van der Waals surface area contributed by atoms with E-state index in [0.29, 0.717) is 6.42 Å². The van der Waals surface area contributed by atoms with Gasteiger partial charge in [-0.3, -0.25) is 9.69 Å². The van der Waals surface area contributed by atoms with Gasteiger partial charge in [-0.1, -0.05) is 36.4 Å². The van der Waals surface area contributed by atoms with Gasteiger partial charge in [-0.25, -0.2) is 9.97 Å². The molecule has 1 fully saturated rings. The Hall–Kier alpha value is -2.77. The third-order valence-electron chi connectivity index (χ3n) is 4.98. The first-order valence-electron chi connectivity index (χ1n) is 9.85. The van der Waals surface area contributed by atoms with Gasteiger partial charge in [-0.05, 0) is 24.6 Å². The number of piperazine rings is 1. The van der Waals surface area contributed by atoms with Crippen molar-refractivity contribution in [1.82, 2.24) is 19.8 Å². The molecule has 6 nitrogen and oxygen atoms in total. The minimum Gasteiger partial charge on any atom is -0.340 e. The van der Waals surface area contributed by atoms with Crippen LogP contribution >= 0.6 is 11.3 Å². The molecule has 7 heteroatoms. The summed E-state index contributed by atoms with van der Waals surface area (Å²) in [5.41, 5.74) is 3.08. The fourth-order valence-electron chi connectivity index (χ4n) is 3.43. The Morgan fingerprint density at radius 2 is 1.83 bits per heavy atom. The highest BCUT2D eigenvalue weighted by atomic mass is 32.1. The molecule has 0 aliphatic carbocycles. The van der Waals surface area contributed by atoms with E-state index in [1.165, 1.54) is 16.9 Å². The summed E-state index contributed by atoms with van der Waals surface area (Å²) in [5, 5.41) is 5.92. The van der Waals surface area contributed by atoms with E-state index in [0.717, 1.165) is 55.1 Å². The van der Waals surface area contributed by atoms with E-state index in [1.807, 2.05) is 41.5 Å². The molecule has 0 radical (unpaired) electrons. The van der Waals surface area contributed by atoms with E-state index in [2.05, 4.69) is 44.5 Å². The van der Waals surface area contributed by atoms with Gasteiger partial charge in [0, 0.05) is 43.8 Å². The van der Waals surface area contributed by atoms with E-state index >= 15 is 0 Å². The molecule has 1 aliphatic heterocycles. The molecular formula is C22H25N5OS. The van der Waals surface area contributed by atoms with Crippen LogP contribution in [0, 0.1) is 6.92 Å². The van der Waals surface area contributed by atoms with Crippen molar-refractivity contribution in [3.8, 4) is 0 Å². The fraction of sp³-hybridized carbons (Fsp3) is 0.318. The molecule has 4 rings (SSSR count). The molecule has 0 spiro atoms. The highest BCUT2D eigenvalue weighted by Crippen LogP contribution is 2.20. The summed E-state index contributed by atoms with van der Waals surface area (Å²) in [6.07, 6.45) is 0.345. The Bertz CT molecular complexity index is 951. The zero-order chi connectivity index (χ0) is 20.1. The molecular weight excluding hydrogens is 382 g/mol. The number of carbonyl (C=O) groups excluding carboxylic acids is 1. The molecule has 1 saturated heterocycles. The second kappa shape index (κ2) is 9.15. The summed E-state index contributed by atoms with van der Waals surface area (Å²) < 4.78 is 0. The van der Waals surface area contributed by atoms with E-state index in [-0.39, 0.29) is 5.91 Å². The number of anilines is 2. The van der Waals surface area contributed by atoms with E-state index < -0.39 is 0 Å². The maximum atomic E-state index is 12.7. The van der Waals surface area contributed by atoms with Gasteiger partial charge in [0.1, 0.15) is 5.82 Å². The monoisotopic (exact) mass is 407 g/mol. The third-order valence-corrected chi connectivity index (χ3v) is 5.79. The standard InChI is InChI=1S/C22H25N5OS/c1-17-6-5-9-20(23-17)25-22-24-19(16-29-22)14-21(28)27-12-10-26(11-13-27)15-18-7-3-2-4-8-18/h2-9,16H,10-15H2,1H3,(H,23,24,25). The Morgan fingerprint density at radius 1 is 1.03 bits per heavy atom. The zero-order valence-electron chi connectivity index (χ0n) is 16.5. The summed E-state index contributed by atoms with van der Waals surface area (Å²) >= 11 is 1.50. The van der Waals surface area contributed by atoms with E-state index in [9.17, 15) is 4.79 Å². The van der Waals surface area contributed by atoms with Crippen molar-refractivity contribution < 1.29 is 4.79 Å². The van der Waals surface area contributed by atoms with Gasteiger partial charge in [0.2, 0.25) is 5.91 Å². The largest absolute Gasteiger partial charge is 0.340 e. The first-order valence-corrected chi connectivity index (χ1v) is 10.7. The van der Waals surface area contributed by atoms with Gasteiger partial charge in [0.25, 0.3) is 0 Å². The number of carbonyl (C=O) groups is 1. The molecule has 1 amide bonds. The average Bonchev–Trinajstić information content (AvgIpc) is 3.16. The third kappa shape index (κ3) is 5.40. The maximum Gasteiger partial charge on any atom is 0.228 e. The second-order valence-electron chi connectivity index (χ2n) is 7.25. The van der Waals surface area contributed by atoms with Crippen LogP contribution in [0.2, 0.25) is 0 Å². The molecule has 1 aliphatic rings. The Morgan fingerprint density at radius 3 is 2.59 bits per heavy atom. The molecule has 3 aromatic rings. The van der Waals surface area contributed by atoms with Crippen molar-refractivity contribution in [3.63, 3.8) is 0 Å². The Balaban J connectivity index is 1.26. The van der Waals surface area contributed by atoms with E-state index in [4.69, 9.17) is 0 Å². The lowest BCUT2D eigenvalue weighted by molar-refractivity contribution is -0.132. The summed E-state index contributed by atoms with van der Waals surface area (Å²) in [7, 11) is 0. The minimum absolute atomic E-state index is 0.148. The zero-order valence-corrected chi connectivity index (χ0v) is 17.4. The average molecular weight is 408 g/mol. The number of hydrogen-bond acceptors (Lipinski definition) is 6. The number of thiazole rings is 1. The molecule has 150 valence electrons. The van der Waals surface area contributed by atoms with Crippen LogP contribution in [-0.4, -0.2) is 51.9 Å². The highest BCUT2D eigenvalue weighted by molar-refractivity contribution is 7.13. The second-order valence-corrected chi connectivity index (χ2v) is 8.11. The molecule has 0 bridgehead atoms. The molecule has 1 N–H and O–H groups in total. The van der Waals surface area contributed by atoms with Crippen molar-refractivity contribution in [2.24, 2.45) is 0 Å². The quantitative estimate of drug-likeness (QED) is 0.678. The Kier molecular flexibility index (Phi) is 6.17. The number of benzene rings is 1. The number of aromatic nitrogens is 2. The molecule has 0 unspecified atom stereocenters. The van der Waals surface area contributed by atoms with Gasteiger partial charge < -0.3 is 10.2 Å². The number of hydrogen-bond donors (Lipinski definition) is 1. The van der Waals surface area contributed by atoms with Crippen molar-refractivity contribution in [2.45, 2.75) is 19.9 Å². The Labute approximate surface area is 175 Å². The van der Waals surface area contributed by atoms with Crippen LogP contribution in [0.1, 0.15) is 17.0 Å². The van der Waals surface area contributed by atoms with Crippen LogP contribution in [0.15, 0.2) is 53.9 Å². The lowest BCUT2D eigenvalue weighted by Crippen LogP contribution is -2.48. The highest BCUT2D eigenvalue weighted by Gasteiger charge is 2.22. The maximum absolute atomic E-state index is 12.7. The minimum atomic E-state index is 0.148. The molecule has 1 aromatic carbocycles. The predicted molar refractivity (Wildman–Crippen MR) is 116 cm³/mol. The number of nitrogens with one attached hydrogen (secondary N) is 1. The summed E-state index contributed by atoms with van der Waals surface area (Å²) in [6, 6.07) is 16.3. The fourth-order valence-corrected chi connectivity index (χ4v) is 4.15. The number of pyridine rings is 1. The van der Waals surface area contributed by atoms with Gasteiger partial charge in [0.15, 0.2) is 5.13 Å². The van der Waals surface area contributed by atoms with Gasteiger partial charge in [-0.2, -0.15) is 0 Å². The lowest BCUT2D eigenvalue weighted by Gasteiger charge is -2.34. The predicted octanol–water partition coefficient (Wildman–Crippen LogP) is 3.48. The van der Waals surface area contributed by atoms with Crippen molar-refractivity contribution in [2.75, 3.05) is 31.5 Å². The molecule has 2 aromatic heterocycles. The summed E-state index contributed by atoms with van der Waals surface area (Å²) in [4.78, 5) is 26.0. The van der Waals surface area contributed by atoms with Crippen LogP contribution in [0.5, 0.6) is 0 Å². The summed E-state index contributed by atoms with van der Waals surface area (Å²) in [6.45, 7) is 6.25. The number of aryl methyl sites for hydroxylation is 1. The number of amides is 1. The normalized spacial score (nSPS) is 14.7. The lowest BCUT2D eigenvalue weighted by atomic mass is 10.2. The molecule has 29 heavy (non-hydrogen) atoms. The van der Waals surface area contributed by atoms with Crippen LogP contribution in [0.4, 0.5) is 10.9 Å². The van der Waals surface area contributed by atoms with Crippen molar-refractivity contribution >= 4 is 28.2 Å². The van der Waals surface area contributed by atoms with Crippen LogP contribution < -0.4 is 5.32 Å². The molecule has 0 saturated carbocycles. The van der Waals surface area contributed by atoms with Crippen molar-refractivity contribution in [1.29, 1.82) is 0 Å². The van der Waals surface area contributed by atoms with Crippen molar-refractivity contribution in [3.05, 3.63) is 70.9 Å². The topological polar surface area (TPSA) is 61.4 Å². The van der Waals surface area contributed by atoms with Crippen LogP contribution in [-0.2, 0) is 17.8 Å².